The fourth-order valence-corrected chi connectivity index (χ4v) is 2.64. The second kappa shape index (κ2) is 9.01. The summed E-state index contributed by atoms with van der Waals surface area (Å²) in [5.74, 6) is 0.484. The standard InChI is InChI=1S/C19H21F2NO3/c1-3-15(14-9-5-7-11-17(14)25-19(20)21)22-18(23)12-13-8-4-6-10-16(13)24-2/h4-11,15,19H,3,12H2,1-2H3,(H,22,23). The third-order valence-corrected chi connectivity index (χ3v) is 3.80. The largest absolute Gasteiger partial charge is 0.496 e. The van der Waals surface area contributed by atoms with Crippen LogP contribution in [-0.2, 0) is 11.2 Å². The lowest BCUT2D eigenvalue weighted by molar-refractivity contribution is -0.121. The summed E-state index contributed by atoms with van der Waals surface area (Å²) < 4.78 is 35.0. The average Bonchev–Trinajstić information content (AvgIpc) is 2.60. The van der Waals surface area contributed by atoms with E-state index in [4.69, 9.17) is 4.74 Å². The fourth-order valence-electron chi connectivity index (χ4n) is 2.64. The van der Waals surface area contributed by atoms with Crippen molar-refractivity contribution in [3.8, 4) is 11.5 Å². The van der Waals surface area contributed by atoms with E-state index in [0.717, 1.165) is 5.56 Å². The second-order valence-electron chi connectivity index (χ2n) is 5.43. The first-order valence-corrected chi connectivity index (χ1v) is 8.00. The van der Waals surface area contributed by atoms with Crippen LogP contribution in [0.15, 0.2) is 48.5 Å². The summed E-state index contributed by atoms with van der Waals surface area (Å²) in [4.78, 5) is 12.4. The van der Waals surface area contributed by atoms with Crippen molar-refractivity contribution in [2.24, 2.45) is 0 Å². The van der Waals surface area contributed by atoms with E-state index in [-0.39, 0.29) is 18.1 Å². The van der Waals surface area contributed by atoms with E-state index in [0.29, 0.717) is 17.7 Å². The Kier molecular flexibility index (Phi) is 6.74. The van der Waals surface area contributed by atoms with Crippen LogP contribution >= 0.6 is 0 Å². The van der Waals surface area contributed by atoms with Gasteiger partial charge in [-0.05, 0) is 18.6 Å². The van der Waals surface area contributed by atoms with Gasteiger partial charge in [0.05, 0.1) is 19.6 Å². The van der Waals surface area contributed by atoms with Gasteiger partial charge in [0.1, 0.15) is 11.5 Å². The Morgan fingerprint density at radius 3 is 2.36 bits per heavy atom. The van der Waals surface area contributed by atoms with Gasteiger partial charge in [0.25, 0.3) is 0 Å². The van der Waals surface area contributed by atoms with E-state index < -0.39 is 12.7 Å². The van der Waals surface area contributed by atoms with Gasteiger partial charge in [0.2, 0.25) is 5.91 Å². The van der Waals surface area contributed by atoms with Gasteiger partial charge in [0, 0.05) is 11.1 Å². The molecule has 1 atom stereocenters. The molecule has 0 aromatic heterocycles. The molecule has 1 unspecified atom stereocenters. The summed E-state index contributed by atoms with van der Waals surface area (Å²) in [5.41, 5.74) is 1.29. The first-order valence-electron chi connectivity index (χ1n) is 8.00. The number of halogens is 2. The van der Waals surface area contributed by atoms with Gasteiger partial charge in [-0.25, -0.2) is 0 Å². The van der Waals surface area contributed by atoms with Crippen LogP contribution in [0.2, 0.25) is 0 Å². The molecule has 0 saturated carbocycles. The lowest BCUT2D eigenvalue weighted by Gasteiger charge is -2.21. The highest BCUT2D eigenvalue weighted by Gasteiger charge is 2.19. The first-order chi connectivity index (χ1) is 12.0. The van der Waals surface area contributed by atoms with Crippen LogP contribution in [0.4, 0.5) is 8.78 Å². The number of para-hydroxylation sites is 2. The fraction of sp³-hybridized carbons (Fsp3) is 0.316. The molecule has 6 heteroatoms. The maximum Gasteiger partial charge on any atom is 0.387 e. The predicted molar refractivity (Wildman–Crippen MR) is 90.9 cm³/mol. The Hall–Kier alpha value is -2.63. The predicted octanol–water partition coefficient (Wildman–Crippen LogP) is 4.11. The van der Waals surface area contributed by atoms with Crippen LogP contribution < -0.4 is 14.8 Å². The highest BCUT2D eigenvalue weighted by molar-refractivity contribution is 5.79. The number of rotatable bonds is 8. The molecule has 134 valence electrons. The van der Waals surface area contributed by atoms with E-state index in [9.17, 15) is 13.6 Å². The van der Waals surface area contributed by atoms with E-state index in [1.54, 1.807) is 31.4 Å². The molecule has 0 bridgehead atoms. The molecular formula is C19H21F2NO3. The summed E-state index contributed by atoms with van der Waals surface area (Å²) in [6.45, 7) is -1.05. The minimum Gasteiger partial charge on any atom is -0.496 e. The van der Waals surface area contributed by atoms with Crippen molar-refractivity contribution in [1.82, 2.24) is 5.32 Å². The number of hydrogen-bond acceptors (Lipinski definition) is 3. The zero-order valence-corrected chi connectivity index (χ0v) is 14.2. The van der Waals surface area contributed by atoms with Crippen LogP contribution in [0.1, 0.15) is 30.5 Å². The maximum absolute atomic E-state index is 12.6. The molecule has 0 aliphatic heterocycles. The van der Waals surface area contributed by atoms with Crippen LogP contribution in [0.5, 0.6) is 11.5 Å². The molecule has 0 aliphatic rings. The number of ether oxygens (including phenoxy) is 2. The molecule has 0 heterocycles. The van der Waals surface area contributed by atoms with Gasteiger partial charge in [-0.15, -0.1) is 0 Å². The molecule has 1 amide bonds. The number of carbonyl (C=O) groups is 1. The number of alkyl halides is 2. The zero-order chi connectivity index (χ0) is 18.2. The molecule has 2 aromatic carbocycles. The van der Waals surface area contributed by atoms with E-state index >= 15 is 0 Å². The van der Waals surface area contributed by atoms with Crippen molar-refractivity contribution in [1.29, 1.82) is 0 Å². The Bertz CT molecular complexity index is 707. The van der Waals surface area contributed by atoms with Crippen molar-refractivity contribution < 1.29 is 23.0 Å². The Balaban J connectivity index is 2.13. The summed E-state index contributed by atoms with van der Waals surface area (Å²) in [6.07, 6.45) is 0.680. The lowest BCUT2D eigenvalue weighted by Crippen LogP contribution is -2.30. The Labute approximate surface area is 145 Å². The first kappa shape index (κ1) is 18.7. The SMILES string of the molecule is CCC(NC(=O)Cc1ccccc1OC)c1ccccc1OC(F)F. The molecular weight excluding hydrogens is 328 g/mol. The monoisotopic (exact) mass is 349 g/mol. The molecule has 1 N–H and O–H groups in total. The van der Waals surface area contributed by atoms with Crippen molar-refractivity contribution in [2.75, 3.05) is 7.11 Å². The Morgan fingerprint density at radius 1 is 1.08 bits per heavy atom. The van der Waals surface area contributed by atoms with E-state index in [1.165, 1.54) is 6.07 Å². The van der Waals surface area contributed by atoms with Crippen molar-refractivity contribution >= 4 is 5.91 Å². The molecule has 0 saturated heterocycles. The highest BCUT2D eigenvalue weighted by atomic mass is 19.3. The molecule has 0 spiro atoms. The Morgan fingerprint density at radius 2 is 1.72 bits per heavy atom. The third-order valence-electron chi connectivity index (χ3n) is 3.80. The van der Waals surface area contributed by atoms with Crippen LogP contribution in [0.25, 0.3) is 0 Å². The van der Waals surface area contributed by atoms with Gasteiger partial charge in [0.15, 0.2) is 0 Å². The highest BCUT2D eigenvalue weighted by Crippen LogP contribution is 2.28. The second-order valence-corrected chi connectivity index (χ2v) is 5.43. The summed E-state index contributed by atoms with van der Waals surface area (Å²) in [6, 6.07) is 13.3. The quantitative estimate of drug-likeness (QED) is 0.780. The van der Waals surface area contributed by atoms with Gasteiger partial charge in [-0.2, -0.15) is 8.78 Å². The number of nitrogens with one attached hydrogen (secondary N) is 1. The third kappa shape index (κ3) is 5.17. The topological polar surface area (TPSA) is 47.6 Å². The number of carbonyl (C=O) groups excluding carboxylic acids is 1. The van der Waals surface area contributed by atoms with Gasteiger partial charge in [-0.3, -0.25) is 4.79 Å². The van der Waals surface area contributed by atoms with Gasteiger partial charge < -0.3 is 14.8 Å². The molecule has 4 nitrogen and oxygen atoms in total. The number of methoxy groups -OCH3 is 1. The lowest BCUT2D eigenvalue weighted by atomic mass is 10.0. The summed E-state index contributed by atoms with van der Waals surface area (Å²) >= 11 is 0. The number of amides is 1. The van der Waals surface area contributed by atoms with Crippen LogP contribution in [0, 0.1) is 0 Å². The molecule has 2 aromatic rings. The maximum atomic E-state index is 12.6. The number of hydrogen-bond donors (Lipinski definition) is 1. The minimum absolute atomic E-state index is 0.0712. The summed E-state index contributed by atoms with van der Waals surface area (Å²) in [5, 5.41) is 2.88. The molecule has 2 rings (SSSR count). The minimum atomic E-state index is -2.91. The normalized spacial score (nSPS) is 11.9. The van der Waals surface area contributed by atoms with E-state index in [1.807, 2.05) is 25.1 Å². The molecule has 25 heavy (non-hydrogen) atoms. The van der Waals surface area contributed by atoms with Crippen LogP contribution in [-0.4, -0.2) is 19.6 Å². The van der Waals surface area contributed by atoms with Crippen molar-refractivity contribution in [3.05, 3.63) is 59.7 Å². The van der Waals surface area contributed by atoms with Crippen molar-refractivity contribution in [3.63, 3.8) is 0 Å². The van der Waals surface area contributed by atoms with Crippen molar-refractivity contribution in [2.45, 2.75) is 32.4 Å². The van der Waals surface area contributed by atoms with Gasteiger partial charge >= 0.3 is 6.61 Å². The molecule has 0 aliphatic carbocycles. The van der Waals surface area contributed by atoms with Gasteiger partial charge in [-0.1, -0.05) is 43.3 Å². The smallest absolute Gasteiger partial charge is 0.387 e. The average molecular weight is 349 g/mol. The molecule has 0 fully saturated rings. The summed E-state index contributed by atoms with van der Waals surface area (Å²) in [7, 11) is 1.55. The van der Waals surface area contributed by atoms with E-state index in [2.05, 4.69) is 10.1 Å². The number of benzene rings is 2. The molecule has 0 radical (unpaired) electrons. The zero-order valence-electron chi connectivity index (χ0n) is 14.2. The van der Waals surface area contributed by atoms with Crippen LogP contribution in [0.3, 0.4) is 0 Å².